The van der Waals surface area contributed by atoms with Gasteiger partial charge in [-0.1, -0.05) is 57.1 Å². The highest BCUT2D eigenvalue weighted by molar-refractivity contribution is 9.10. The number of nitrogens with zero attached hydrogens (tertiary/aromatic N) is 2. The molecule has 1 aromatic heterocycles. The number of benzene rings is 2. The SMILES string of the molecule is CCOC(=O)C1=C(C)N=c2s/c(=C\c3cc(Br)cc(OC)c3OC(C)C)c(=O)n2[C@H]1c1ccc(C)cc1. The molecule has 0 unspecified atom stereocenters. The number of halogens is 1. The summed E-state index contributed by atoms with van der Waals surface area (Å²) in [6.07, 6.45) is 1.68. The lowest BCUT2D eigenvalue weighted by Gasteiger charge is -2.24. The number of carbonyl (C=O) groups is 1. The summed E-state index contributed by atoms with van der Waals surface area (Å²) in [5.74, 6) is 0.623. The van der Waals surface area contributed by atoms with Crippen molar-refractivity contribution in [3.63, 3.8) is 0 Å². The van der Waals surface area contributed by atoms with Crippen molar-refractivity contribution in [1.82, 2.24) is 4.57 Å². The van der Waals surface area contributed by atoms with Gasteiger partial charge in [-0.15, -0.1) is 0 Å². The number of allylic oxidation sites excluding steroid dienone is 1. The molecule has 0 fully saturated rings. The second-order valence-corrected chi connectivity index (χ2v) is 10.8. The molecule has 0 amide bonds. The Kier molecular flexibility index (Phi) is 8.04. The monoisotopic (exact) mass is 584 g/mol. The van der Waals surface area contributed by atoms with Gasteiger partial charge in [-0.25, -0.2) is 9.79 Å². The van der Waals surface area contributed by atoms with E-state index in [1.165, 1.54) is 11.3 Å². The predicted molar refractivity (Wildman–Crippen MR) is 148 cm³/mol. The molecule has 1 atom stereocenters. The molecule has 0 saturated carbocycles. The van der Waals surface area contributed by atoms with E-state index in [1.54, 1.807) is 31.6 Å². The molecule has 2 aromatic carbocycles. The van der Waals surface area contributed by atoms with E-state index < -0.39 is 12.0 Å². The number of methoxy groups -OCH3 is 1. The molecule has 1 aliphatic rings. The molecule has 2 heterocycles. The zero-order chi connectivity index (χ0) is 26.9. The highest BCUT2D eigenvalue weighted by Crippen LogP contribution is 2.36. The van der Waals surface area contributed by atoms with Gasteiger partial charge in [0.05, 0.1) is 41.7 Å². The van der Waals surface area contributed by atoms with Gasteiger partial charge in [-0.3, -0.25) is 9.36 Å². The number of fused-ring (bicyclic) bond motifs is 1. The van der Waals surface area contributed by atoms with Gasteiger partial charge in [0.15, 0.2) is 16.3 Å². The Bertz CT molecular complexity index is 1550. The minimum atomic E-state index is -0.651. The maximum atomic E-state index is 13.9. The van der Waals surface area contributed by atoms with Crippen LogP contribution < -0.4 is 24.4 Å². The van der Waals surface area contributed by atoms with Crippen LogP contribution in [0.15, 0.2) is 61.9 Å². The lowest BCUT2D eigenvalue weighted by Crippen LogP contribution is -2.39. The zero-order valence-electron chi connectivity index (χ0n) is 21.6. The summed E-state index contributed by atoms with van der Waals surface area (Å²) < 4.78 is 19.8. The summed E-state index contributed by atoms with van der Waals surface area (Å²) in [6.45, 7) is 9.61. The highest BCUT2D eigenvalue weighted by atomic mass is 79.9. The molecule has 194 valence electrons. The fourth-order valence-electron chi connectivity index (χ4n) is 4.21. The quantitative estimate of drug-likeness (QED) is 0.377. The number of aryl methyl sites for hydroxylation is 1. The lowest BCUT2D eigenvalue weighted by molar-refractivity contribution is -0.139. The molecule has 0 radical (unpaired) electrons. The van der Waals surface area contributed by atoms with E-state index in [2.05, 4.69) is 20.9 Å². The first-order valence-electron chi connectivity index (χ1n) is 11.9. The third-order valence-electron chi connectivity index (χ3n) is 5.82. The minimum Gasteiger partial charge on any atom is -0.493 e. The average molecular weight is 586 g/mol. The predicted octanol–water partition coefficient (Wildman–Crippen LogP) is 4.67. The second kappa shape index (κ2) is 11.1. The van der Waals surface area contributed by atoms with Crippen LogP contribution in [0.25, 0.3) is 6.08 Å². The van der Waals surface area contributed by atoms with Gasteiger partial charge in [-0.05, 0) is 58.4 Å². The third-order valence-corrected chi connectivity index (χ3v) is 7.26. The normalized spacial score (nSPS) is 15.5. The maximum absolute atomic E-state index is 13.9. The van der Waals surface area contributed by atoms with Gasteiger partial charge >= 0.3 is 5.97 Å². The van der Waals surface area contributed by atoms with Crippen LogP contribution in [0.5, 0.6) is 11.5 Å². The number of rotatable bonds is 7. The smallest absolute Gasteiger partial charge is 0.338 e. The molecule has 37 heavy (non-hydrogen) atoms. The van der Waals surface area contributed by atoms with E-state index in [4.69, 9.17) is 14.2 Å². The Hall–Kier alpha value is -3.17. The van der Waals surface area contributed by atoms with Crippen molar-refractivity contribution < 1.29 is 19.0 Å². The Morgan fingerprint density at radius 1 is 1.22 bits per heavy atom. The number of hydrogen-bond donors (Lipinski definition) is 0. The van der Waals surface area contributed by atoms with Crippen LogP contribution in [0.4, 0.5) is 0 Å². The van der Waals surface area contributed by atoms with Gasteiger partial charge in [0.25, 0.3) is 5.56 Å². The van der Waals surface area contributed by atoms with E-state index >= 15 is 0 Å². The molecule has 0 aliphatic carbocycles. The molecule has 0 bridgehead atoms. The van der Waals surface area contributed by atoms with Crippen LogP contribution in [0.3, 0.4) is 0 Å². The topological polar surface area (TPSA) is 79.1 Å². The fourth-order valence-corrected chi connectivity index (χ4v) is 5.70. The first-order chi connectivity index (χ1) is 17.6. The van der Waals surface area contributed by atoms with Gasteiger partial charge in [-0.2, -0.15) is 0 Å². The summed E-state index contributed by atoms with van der Waals surface area (Å²) in [6, 6.07) is 10.8. The summed E-state index contributed by atoms with van der Waals surface area (Å²) in [5.41, 5.74) is 3.22. The molecule has 0 spiro atoms. The number of hydrogen-bond acceptors (Lipinski definition) is 7. The summed E-state index contributed by atoms with van der Waals surface area (Å²) >= 11 is 4.79. The Labute approximate surface area is 227 Å². The minimum absolute atomic E-state index is 0.0974. The highest BCUT2D eigenvalue weighted by Gasteiger charge is 2.33. The van der Waals surface area contributed by atoms with Gasteiger partial charge < -0.3 is 14.2 Å². The molecule has 1 aliphatic heterocycles. The number of ether oxygens (including phenoxy) is 3. The first-order valence-corrected chi connectivity index (χ1v) is 13.6. The van der Waals surface area contributed by atoms with Crippen molar-refractivity contribution in [2.75, 3.05) is 13.7 Å². The second-order valence-electron chi connectivity index (χ2n) is 8.91. The summed E-state index contributed by atoms with van der Waals surface area (Å²) in [5, 5.41) is 0. The van der Waals surface area contributed by atoms with Gasteiger partial charge in [0.1, 0.15) is 0 Å². The zero-order valence-corrected chi connectivity index (χ0v) is 24.0. The van der Waals surface area contributed by atoms with Crippen LogP contribution in [0.1, 0.15) is 50.4 Å². The van der Waals surface area contributed by atoms with E-state index in [0.29, 0.717) is 37.7 Å². The van der Waals surface area contributed by atoms with Crippen molar-refractivity contribution in [3.8, 4) is 11.5 Å². The molecule has 9 heteroatoms. The van der Waals surface area contributed by atoms with Crippen LogP contribution >= 0.6 is 27.3 Å². The third kappa shape index (κ3) is 5.43. The van der Waals surface area contributed by atoms with Crippen LogP contribution in [0, 0.1) is 6.92 Å². The Morgan fingerprint density at radius 2 is 1.92 bits per heavy atom. The van der Waals surface area contributed by atoms with Crippen LogP contribution in [-0.2, 0) is 9.53 Å². The molecule has 7 nitrogen and oxygen atoms in total. The van der Waals surface area contributed by atoms with Crippen molar-refractivity contribution in [2.45, 2.75) is 46.8 Å². The molecule has 0 saturated heterocycles. The molecule has 4 rings (SSSR count). The number of aromatic nitrogens is 1. The van der Waals surface area contributed by atoms with E-state index in [9.17, 15) is 9.59 Å². The molecular weight excluding hydrogens is 556 g/mol. The average Bonchev–Trinajstić information content (AvgIpc) is 3.14. The summed E-state index contributed by atoms with van der Waals surface area (Å²) in [4.78, 5) is 32.1. The van der Waals surface area contributed by atoms with Crippen LogP contribution in [-0.4, -0.2) is 30.4 Å². The number of esters is 1. The fraction of sp³-hybridized carbons (Fsp3) is 0.321. The molecular formula is C28H29BrN2O5S. The van der Waals surface area contributed by atoms with Crippen molar-refractivity contribution in [2.24, 2.45) is 4.99 Å². The Balaban J connectivity index is 1.98. The van der Waals surface area contributed by atoms with E-state index in [0.717, 1.165) is 15.6 Å². The van der Waals surface area contributed by atoms with Crippen molar-refractivity contribution in [1.29, 1.82) is 0 Å². The maximum Gasteiger partial charge on any atom is 0.338 e. The van der Waals surface area contributed by atoms with Crippen LogP contribution in [0.2, 0.25) is 0 Å². The lowest BCUT2D eigenvalue weighted by atomic mass is 9.95. The first kappa shape index (κ1) is 26.9. The number of thiazole rings is 1. The molecule has 0 N–H and O–H groups in total. The van der Waals surface area contributed by atoms with Gasteiger partial charge in [0, 0.05) is 10.0 Å². The van der Waals surface area contributed by atoms with Gasteiger partial charge in [0.2, 0.25) is 0 Å². The van der Waals surface area contributed by atoms with Crippen molar-refractivity contribution in [3.05, 3.63) is 88.5 Å². The molecule has 3 aromatic rings. The van der Waals surface area contributed by atoms with E-state index in [-0.39, 0.29) is 18.3 Å². The Morgan fingerprint density at radius 3 is 2.54 bits per heavy atom. The number of carbonyl (C=O) groups excluding carboxylic acids is 1. The summed E-state index contributed by atoms with van der Waals surface area (Å²) in [7, 11) is 1.58. The largest absolute Gasteiger partial charge is 0.493 e. The standard InChI is InChI=1S/C28H29BrN2O5S/c1-7-35-27(33)23-17(5)30-28-31(24(23)18-10-8-16(4)9-11-18)26(32)22(37-28)13-19-12-20(29)14-21(34-6)25(19)36-15(2)3/h8-15,24H,7H2,1-6H3/b22-13-/t24-/m0/s1. The van der Waals surface area contributed by atoms with E-state index in [1.807, 2.05) is 57.2 Å². The van der Waals surface area contributed by atoms with Crippen molar-refractivity contribution >= 4 is 39.3 Å².